The lowest BCUT2D eigenvalue weighted by atomic mass is 10.0. The Labute approximate surface area is 134 Å². The van der Waals surface area contributed by atoms with Crippen LogP contribution in [-0.2, 0) is 6.42 Å². The molecule has 0 aliphatic carbocycles. The summed E-state index contributed by atoms with van der Waals surface area (Å²) in [5, 5.41) is 1.49. The maximum absolute atomic E-state index is 5.94. The van der Waals surface area contributed by atoms with Gasteiger partial charge < -0.3 is 0 Å². The average Bonchev–Trinajstić information content (AvgIpc) is 2.32. The molecule has 0 radical (unpaired) electrons. The lowest BCUT2D eigenvalue weighted by molar-refractivity contribution is 0.943. The number of rotatable bonds is 3. The highest BCUT2D eigenvalue weighted by molar-refractivity contribution is 9.11. The van der Waals surface area contributed by atoms with Crippen molar-refractivity contribution in [2.45, 2.75) is 11.2 Å². The molecule has 2 aromatic rings. The minimum atomic E-state index is 0.241. The fourth-order valence-electron chi connectivity index (χ4n) is 1.69. The molecule has 18 heavy (non-hydrogen) atoms. The highest BCUT2D eigenvalue weighted by atomic mass is 79.9. The summed E-state index contributed by atoms with van der Waals surface area (Å²) in [6.45, 7) is 0. The highest BCUT2D eigenvalue weighted by Crippen LogP contribution is 2.34. The molecule has 0 heterocycles. The number of halogens is 4. The second-order valence-corrected chi connectivity index (χ2v) is 6.80. The van der Waals surface area contributed by atoms with Gasteiger partial charge in [0.05, 0.1) is 0 Å². The molecule has 0 spiro atoms. The zero-order chi connectivity index (χ0) is 13.1. The molecule has 4 heteroatoms. The van der Waals surface area contributed by atoms with Gasteiger partial charge in [0, 0.05) is 19.3 Å². The molecule has 0 aliphatic rings. The lowest BCUT2D eigenvalue weighted by Crippen LogP contribution is -1.96. The summed E-state index contributed by atoms with van der Waals surface area (Å²) in [7, 11) is 0. The normalized spacial score (nSPS) is 12.4. The summed E-state index contributed by atoms with van der Waals surface area (Å²) in [4.78, 5) is 0.241. The second-order valence-electron chi connectivity index (χ2n) is 3.96. The molecule has 0 nitrogen and oxygen atoms in total. The Morgan fingerprint density at radius 1 is 0.944 bits per heavy atom. The zero-order valence-corrected chi connectivity index (χ0v) is 14.0. The fourth-order valence-corrected chi connectivity index (χ4v) is 3.86. The van der Waals surface area contributed by atoms with Gasteiger partial charge in [-0.25, -0.2) is 0 Å². The minimum Gasteiger partial charge on any atom is -0.0843 e. The van der Waals surface area contributed by atoms with Gasteiger partial charge in [0.1, 0.15) is 0 Å². The van der Waals surface area contributed by atoms with E-state index in [2.05, 4.69) is 31.9 Å². The van der Waals surface area contributed by atoms with Gasteiger partial charge in [-0.2, -0.15) is 0 Å². The van der Waals surface area contributed by atoms with Crippen LogP contribution in [0.25, 0.3) is 0 Å². The SMILES string of the molecule is Clc1ccc(CC(Br)c2ccc(Cl)cc2Br)cc1. The van der Waals surface area contributed by atoms with E-state index in [4.69, 9.17) is 23.2 Å². The number of benzene rings is 2. The number of hydrogen-bond donors (Lipinski definition) is 0. The third-order valence-corrected chi connectivity index (χ3v) is 4.62. The molecule has 0 aliphatic heterocycles. The molecule has 2 aromatic carbocycles. The molecule has 94 valence electrons. The Morgan fingerprint density at radius 3 is 2.17 bits per heavy atom. The quantitative estimate of drug-likeness (QED) is 0.513. The van der Waals surface area contributed by atoms with E-state index in [0.29, 0.717) is 0 Å². The maximum Gasteiger partial charge on any atom is 0.0446 e. The van der Waals surface area contributed by atoms with Crippen molar-refractivity contribution < 1.29 is 0 Å². The molecule has 0 amide bonds. The van der Waals surface area contributed by atoms with Crippen LogP contribution in [0, 0.1) is 0 Å². The first-order valence-corrected chi connectivity index (χ1v) is 7.86. The molecule has 2 rings (SSSR count). The molecule has 0 N–H and O–H groups in total. The monoisotopic (exact) mass is 406 g/mol. The van der Waals surface area contributed by atoms with Crippen molar-refractivity contribution in [3.05, 3.63) is 68.1 Å². The Kier molecular flexibility index (Phi) is 5.14. The molecular formula is C14H10Br2Cl2. The smallest absolute Gasteiger partial charge is 0.0446 e. The largest absolute Gasteiger partial charge is 0.0843 e. The number of alkyl halides is 1. The van der Waals surface area contributed by atoms with E-state index in [9.17, 15) is 0 Å². The molecule has 1 unspecified atom stereocenters. The van der Waals surface area contributed by atoms with E-state index in [1.165, 1.54) is 11.1 Å². The lowest BCUT2D eigenvalue weighted by Gasteiger charge is -2.12. The summed E-state index contributed by atoms with van der Waals surface area (Å²) in [6, 6.07) is 13.7. The van der Waals surface area contributed by atoms with Gasteiger partial charge in [-0.3, -0.25) is 0 Å². The van der Waals surface area contributed by atoms with E-state index >= 15 is 0 Å². The van der Waals surface area contributed by atoms with E-state index in [1.54, 1.807) is 0 Å². The van der Waals surface area contributed by atoms with Gasteiger partial charge in [0.25, 0.3) is 0 Å². The van der Waals surface area contributed by atoms with Crippen molar-refractivity contribution in [2.75, 3.05) is 0 Å². The summed E-state index contributed by atoms with van der Waals surface area (Å²) >= 11 is 19.1. The van der Waals surface area contributed by atoms with Gasteiger partial charge in [-0.15, -0.1) is 0 Å². The predicted octanol–water partition coefficient (Wildman–Crippen LogP) is 6.43. The Bertz CT molecular complexity index is 538. The first-order chi connectivity index (χ1) is 8.56. The van der Waals surface area contributed by atoms with E-state index in [0.717, 1.165) is 20.9 Å². The summed E-state index contributed by atoms with van der Waals surface area (Å²) in [5.41, 5.74) is 2.43. The van der Waals surface area contributed by atoms with Gasteiger partial charge in [-0.05, 0) is 41.8 Å². The first-order valence-electron chi connectivity index (χ1n) is 5.40. The van der Waals surface area contributed by atoms with Crippen molar-refractivity contribution in [2.24, 2.45) is 0 Å². The van der Waals surface area contributed by atoms with Crippen molar-refractivity contribution in [3.8, 4) is 0 Å². The van der Waals surface area contributed by atoms with Gasteiger partial charge in [-0.1, -0.05) is 73.3 Å². The molecule has 0 saturated carbocycles. The van der Waals surface area contributed by atoms with Crippen LogP contribution in [-0.4, -0.2) is 0 Å². The van der Waals surface area contributed by atoms with Crippen molar-refractivity contribution >= 4 is 55.1 Å². The first kappa shape index (κ1) is 14.4. The van der Waals surface area contributed by atoms with Crippen LogP contribution >= 0.6 is 55.1 Å². The van der Waals surface area contributed by atoms with Crippen LogP contribution in [0.2, 0.25) is 10.0 Å². The zero-order valence-electron chi connectivity index (χ0n) is 9.34. The minimum absolute atomic E-state index is 0.241. The Hall–Kier alpha value is -0.0200. The van der Waals surface area contributed by atoms with E-state index < -0.39 is 0 Å². The van der Waals surface area contributed by atoms with Crippen LogP contribution in [0.5, 0.6) is 0 Å². The fraction of sp³-hybridized carbons (Fsp3) is 0.143. The van der Waals surface area contributed by atoms with Gasteiger partial charge in [0.15, 0.2) is 0 Å². The van der Waals surface area contributed by atoms with Crippen LogP contribution in [0.4, 0.5) is 0 Å². The van der Waals surface area contributed by atoms with Crippen LogP contribution in [0.15, 0.2) is 46.9 Å². The number of hydrogen-bond acceptors (Lipinski definition) is 0. The third-order valence-electron chi connectivity index (χ3n) is 2.63. The average molecular weight is 409 g/mol. The summed E-state index contributed by atoms with van der Waals surface area (Å²) in [6.07, 6.45) is 0.900. The van der Waals surface area contributed by atoms with Crippen molar-refractivity contribution in [1.82, 2.24) is 0 Å². The highest BCUT2D eigenvalue weighted by Gasteiger charge is 2.12. The second kappa shape index (κ2) is 6.42. The molecule has 0 bridgehead atoms. The molecule has 0 aromatic heterocycles. The maximum atomic E-state index is 5.94. The van der Waals surface area contributed by atoms with Gasteiger partial charge in [0.2, 0.25) is 0 Å². The standard InChI is InChI=1S/C14H10Br2Cl2/c15-13(7-9-1-3-10(17)4-2-9)12-6-5-11(18)8-14(12)16/h1-6,8,13H,7H2. The van der Waals surface area contributed by atoms with Crippen LogP contribution in [0.3, 0.4) is 0 Å². The summed E-state index contributed by atoms with van der Waals surface area (Å²) in [5.74, 6) is 0. The van der Waals surface area contributed by atoms with Crippen molar-refractivity contribution in [1.29, 1.82) is 0 Å². The van der Waals surface area contributed by atoms with Crippen LogP contribution in [0.1, 0.15) is 16.0 Å². The Balaban J connectivity index is 2.16. The molecule has 1 atom stereocenters. The Morgan fingerprint density at radius 2 is 1.56 bits per heavy atom. The van der Waals surface area contributed by atoms with Gasteiger partial charge >= 0.3 is 0 Å². The molecule has 0 fully saturated rings. The molecule has 0 saturated heterocycles. The van der Waals surface area contributed by atoms with E-state index in [1.807, 2.05) is 42.5 Å². The van der Waals surface area contributed by atoms with Crippen LogP contribution < -0.4 is 0 Å². The predicted molar refractivity (Wildman–Crippen MR) is 86.0 cm³/mol. The topological polar surface area (TPSA) is 0 Å². The van der Waals surface area contributed by atoms with Crippen molar-refractivity contribution in [3.63, 3.8) is 0 Å². The van der Waals surface area contributed by atoms with E-state index in [-0.39, 0.29) is 4.83 Å². The molecular weight excluding hydrogens is 399 g/mol. The third kappa shape index (κ3) is 3.74. The summed E-state index contributed by atoms with van der Waals surface area (Å²) < 4.78 is 1.02.